The van der Waals surface area contributed by atoms with Gasteiger partial charge >= 0.3 is 0 Å². The molecule has 0 heterocycles. The molecular weight excluding hydrogens is 288 g/mol. The van der Waals surface area contributed by atoms with Crippen LogP contribution in [0.4, 0.5) is 0 Å². The van der Waals surface area contributed by atoms with Crippen molar-refractivity contribution in [3.63, 3.8) is 0 Å². The van der Waals surface area contributed by atoms with Crippen molar-refractivity contribution in [3.8, 4) is 0 Å². The molecule has 0 radical (unpaired) electrons. The van der Waals surface area contributed by atoms with Gasteiger partial charge in [-0.05, 0) is 18.2 Å². The molecule has 122 valence electrons. The van der Waals surface area contributed by atoms with E-state index < -0.39 is 6.10 Å². The zero-order valence-electron chi connectivity index (χ0n) is 13.5. The van der Waals surface area contributed by atoms with Crippen molar-refractivity contribution >= 4 is 5.91 Å². The highest BCUT2D eigenvalue weighted by molar-refractivity contribution is 5.76. The van der Waals surface area contributed by atoms with Crippen molar-refractivity contribution < 1.29 is 9.90 Å². The van der Waals surface area contributed by atoms with Crippen molar-refractivity contribution in [2.45, 2.75) is 19.1 Å². The van der Waals surface area contributed by atoms with Crippen molar-refractivity contribution in [3.05, 3.63) is 71.8 Å². The molecule has 0 fully saturated rings. The Hall–Kier alpha value is -2.17. The summed E-state index contributed by atoms with van der Waals surface area (Å²) in [6, 6.07) is 19.5. The Bertz CT molecular complexity index is 587. The lowest BCUT2D eigenvalue weighted by Crippen LogP contribution is -2.33. The predicted molar refractivity (Wildman–Crippen MR) is 91.8 cm³/mol. The Morgan fingerprint density at radius 2 is 1.70 bits per heavy atom. The number of aliphatic hydroxyl groups is 1. The summed E-state index contributed by atoms with van der Waals surface area (Å²) in [5.41, 5.74) is 2.02. The Labute approximate surface area is 137 Å². The molecule has 4 heteroatoms. The maximum Gasteiger partial charge on any atom is 0.223 e. The standard InChI is InChI=1S/C19H24N2O2/c1-21(15-16-8-4-2-5-9-16)13-12-20-19(23)14-18(22)17-10-6-3-7-11-17/h2-11,18,22H,12-15H2,1H3,(H,20,23). The number of rotatable bonds is 8. The number of amides is 1. The Kier molecular flexibility index (Phi) is 6.78. The minimum Gasteiger partial charge on any atom is -0.388 e. The summed E-state index contributed by atoms with van der Waals surface area (Å²) in [4.78, 5) is 14.0. The first-order valence-corrected chi connectivity index (χ1v) is 7.87. The molecule has 2 aromatic carbocycles. The molecule has 2 aromatic rings. The molecule has 23 heavy (non-hydrogen) atoms. The molecule has 0 spiro atoms. The lowest BCUT2D eigenvalue weighted by Gasteiger charge is -2.17. The van der Waals surface area contributed by atoms with E-state index in [0.717, 1.165) is 18.7 Å². The molecule has 4 nitrogen and oxygen atoms in total. The number of aliphatic hydroxyl groups excluding tert-OH is 1. The summed E-state index contributed by atoms with van der Waals surface area (Å²) in [7, 11) is 2.03. The Balaban J connectivity index is 1.66. The first-order chi connectivity index (χ1) is 11.1. The van der Waals surface area contributed by atoms with Gasteiger partial charge in [0.15, 0.2) is 0 Å². The SMILES string of the molecule is CN(CCNC(=O)CC(O)c1ccccc1)Cc1ccccc1. The fourth-order valence-corrected chi connectivity index (χ4v) is 2.40. The van der Waals surface area contributed by atoms with Crippen LogP contribution in [0.25, 0.3) is 0 Å². The van der Waals surface area contributed by atoms with Gasteiger partial charge in [0.25, 0.3) is 0 Å². The number of hydrogen-bond donors (Lipinski definition) is 2. The number of nitrogens with zero attached hydrogens (tertiary/aromatic N) is 1. The first-order valence-electron chi connectivity index (χ1n) is 7.87. The quantitative estimate of drug-likeness (QED) is 0.787. The zero-order chi connectivity index (χ0) is 16.5. The molecule has 1 amide bonds. The number of carbonyl (C=O) groups is 1. The predicted octanol–water partition coefficient (Wildman–Crippen LogP) is 2.36. The van der Waals surface area contributed by atoms with Gasteiger partial charge < -0.3 is 15.3 Å². The molecule has 0 saturated heterocycles. The molecule has 0 bridgehead atoms. The normalized spacial score (nSPS) is 12.1. The van der Waals surface area contributed by atoms with Gasteiger partial charge in [-0.3, -0.25) is 4.79 Å². The molecular formula is C19H24N2O2. The summed E-state index contributed by atoms with van der Waals surface area (Å²) in [6.45, 7) is 2.19. The molecule has 2 N–H and O–H groups in total. The van der Waals surface area contributed by atoms with Crippen molar-refractivity contribution in [1.29, 1.82) is 0 Å². The van der Waals surface area contributed by atoms with Gasteiger partial charge in [-0.25, -0.2) is 0 Å². The number of carbonyl (C=O) groups excluding carboxylic acids is 1. The van der Waals surface area contributed by atoms with E-state index in [1.165, 1.54) is 5.56 Å². The molecule has 0 saturated carbocycles. The fourth-order valence-electron chi connectivity index (χ4n) is 2.40. The van der Waals surface area contributed by atoms with E-state index in [1.54, 1.807) is 0 Å². The van der Waals surface area contributed by atoms with E-state index in [1.807, 2.05) is 55.6 Å². The summed E-state index contributed by atoms with van der Waals surface area (Å²) in [6.07, 6.45) is -0.662. The number of nitrogens with one attached hydrogen (secondary N) is 1. The molecule has 0 aliphatic carbocycles. The third-order valence-corrected chi connectivity index (χ3v) is 3.67. The highest BCUT2D eigenvalue weighted by Gasteiger charge is 2.12. The van der Waals surface area contributed by atoms with Crippen LogP contribution in [0.5, 0.6) is 0 Å². The van der Waals surface area contributed by atoms with Crippen LogP contribution in [0.3, 0.4) is 0 Å². The van der Waals surface area contributed by atoms with Crippen LogP contribution < -0.4 is 5.32 Å². The molecule has 0 aromatic heterocycles. The van der Waals surface area contributed by atoms with Gasteiger partial charge in [0.1, 0.15) is 0 Å². The zero-order valence-corrected chi connectivity index (χ0v) is 13.5. The van der Waals surface area contributed by atoms with Gasteiger partial charge in [-0.15, -0.1) is 0 Å². The van der Waals surface area contributed by atoms with E-state index in [9.17, 15) is 9.90 Å². The average Bonchev–Trinajstić information content (AvgIpc) is 2.56. The molecule has 2 rings (SSSR count). The maximum atomic E-state index is 11.9. The second kappa shape index (κ2) is 9.08. The monoisotopic (exact) mass is 312 g/mol. The van der Waals surface area contributed by atoms with E-state index in [0.29, 0.717) is 6.54 Å². The van der Waals surface area contributed by atoms with E-state index in [4.69, 9.17) is 0 Å². The lowest BCUT2D eigenvalue weighted by molar-refractivity contribution is -0.123. The third-order valence-electron chi connectivity index (χ3n) is 3.67. The van der Waals surface area contributed by atoms with Crippen LogP contribution in [-0.2, 0) is 11.3 Å². The molecule has 1 unspecified atom stereocenters. The van der Waals surface area contributed by atoms with E-state index in [2.05, 4.69) is 22.3 Å². The van der Waals surface area contributed by atoms with Gasteiger partial charge in [-0.2, -0.15) is 0 Å². The highest BCUT2D eigenvalue weighted by Crippen LogP contribution is 2.15. The summed E-state index contributed by atoms with van der Waals surface area (Å²) >= 11 is 0. The van der Waals surface area contributed by atoms with Crippen LogP contribution in [0.2, 0.25) is 0 Å². The Morgan fingerprint density at radius 3 is 2.35 bits per heavy atom. The van der Waals surface area contributed by atoms with Gasteiger partial charge in [0.05, 0.1) is 12.5 Å². The lowest BCUT2D eigenvalue weighted by atomic mass is 10.1. The second-order valence-electron chi connectivity index (χ2n) is 5.70. The van der Waals surface area contributed by atoms with Crippen LogP contribution in [0.15, 0.2) is 60.7 Å². The van der Waals surface area contributed by atoms with Crippen molar-refractivity contribution in [2.75, 3.05) is 20.1 Å². The van der Waals surface area contributed by atoms with Gasteiger partial charge in [0.2, 0.25) is 5.91 Å². The van der Waals surface area contributed by atoms with E-state index >= 15 is 0 Å². The van der Waals surface area contributed by atoms with Gasteiger partial charge in [-0.1, -0.05) is 60.7 Å². The number of benzene rings is 2. The first kappa shape index (κ1) is 17.2. The van der Waals surface area contributed by atoms with Crippen LogP contribution in [0, 0.1) is 0 Å². The number of likely N-dealkylation sites (N-methyl/N-ethyl adjacent to an activating group) is 1. The highest BCUT2D eigenvalue weighted by atomic mass is 16.3. The maximum absolute atomic E-state index is 11.9. The fraction of sp³-hybridized carbons (Fsp3) is 0.316. The minimum atomic E-state index is -0.752. The number of hydrogen-bond acceptors (Lipinski definition) is 3. The summed E-state index contributed by atoms with van der Waals surface area (Å²) < 4.78 is 0. The minimum absolute atomic E-state index is 0.0897. The van der Waals surface area contributed by atoms with Crippen LogP contribution in [-0.4, -0.2) is 36.1 Å². The topological polar surface area (TPSA) is 52.6 Å². The average molecular weight is 312 g/mol. The van der Waals surface area contributed by atoms with E-state index in [-0.39, 0.29) is 12.3 Å². The smallest absolute Gasteiger partial charge is 0.223 e. The second-order valence-corrected chi connectivity index (χ2v) is 5.70. The van der Waals surface area contributed by atoms with Crippen molar-refractivity contribution in [2.24, 2.45) is 0 Å². The molecule has 0 aliphatic rings. The molecule has 1 atom stereocenters. The largest absolute Gasteiger partial charge is 0.388 e. The van der Waals surface area contributed by atoms with Crippen LogP contribution >= 0.6 is 0 Å². The third kappa shape index (κ3) is 6.22. The van der Waals surface area contributed by atoms with Crippen LogP contribution in [0.1, 0.15) is 23.7 Å². The van der Waals surface area contributed by atoms with Gasteiger partial charge in [0, 0.05) is 19.6 Å². The Morgan fingerprint density at radius 1 is 1.09 bits per heavy atom. The molecule has 0 aliphatic heterocycles. The van der Waals surface area contributed by atoms with Crippen molar-refractivity contribution in [1.82, 2.24) is 10.2 Å². The summed E-state index contributed by atoms with van der Waals surface area (Å²) in [5, 5.41) is 12.9. The summed E-state index contributed by atoms with van der Waals surface area (Å²) in [5.74, 6) is -0.130.